The summed E-state index contributed by atoms with van der Waals surface area (Å²) < 4.78 is 29.0. The first-order chi connectivity index (χ1) is 10.4. The standard InChI is InChI=1S/C14H16ClN3O2S2/c1-10-16-13(9-17(10)2)22(19,20)18-6-7-21-14(18)11-4-3-5-12(15)8-11/h3-5,8-9,14H,6-7H2,1-2H3. The molecule has 3 rings (SSSR count). The van der Waals surface area contributed by atoms with Crippen LogP contribution in [0.2, 0.25) is 5.02 Å². The molecule has 118 valence electrons. The predicted octanol–water partition coefficient (Wildman–Crippen LogP) is 2.82. The van der Waals surface area contributed by atoms with E-state index in [1.807, 2.05) is 18.2 Å². The molecule has 5 nitrogen and oxygen atoms in total. The Morgan fingerprint density at radius 1 is 1.41 bits per heavy atom. The molecule has 22 heavy (non-hydrogen) atoms. The van der Waals surface area contributed by atoms with Crippen molar-refractivity contribution in [1.82, 2.24) is 13.9 Å². The summed E-state index contributed by atoms with van der Waals surface area (Å²) in [5.74, 6) is 1.42. The van der Waals surface area contributed by atoms with Gasteiger partial charge in [0.15, 0.2) is 5.03 Å². The van der Waals surface area contributed by atoms with E-state index in [1.165, 1.54) is 4.31 Å². The summed E-state index contributed by atoms with van der Waals surface area (Å²) in [5, 5.41) is 0.448. The van der Waals surface area contributed by atoms with Gasteiger partial charge in [0.1, 0.15) is 5.82 Å². The SMILES string of the molecule is Cc1nc(S(=O)(=O)N2CCSC2c2cccc(Cl)c2)cn1C. The van der Waals surface area contributed by atoms with E-state index >= 15 is 0 Å². The molecule has 1 unspecified atom stereocenters. The van der Waals surface area contributed by atoms with Crippen LogP contribution in [-0.2, 0) is 17.1 Å². The normalized spacial score (nSPS) is 19.7. The van der Waals surface area contributed by atoms with Crippen molar-refractivity contribution >= 4 is 33.4 Å². The molecule has 1 aliphatic rings. The van der Waals surface area contributed by atoms with Crippen molar-refractivity contribution in [3.05, 3.63) is 46.9 Å². The zero-order valence-corrected chi connectivity index (χ0v) is 14.6. The van der Waals surface area contributed by atoms with E-state index in [0.29, 0.717) is 17.4 Å². The number of sulfonamides is 1. The van der Waals surface area contributed by atoms with Crippen LogP contribution in [0.1, 0.15) is 16.8 Å². The summed E-state index contributed by atoms with van der Waals surface area (Å²) >= 11 is 7.63. The van der Waals surface area contributed by atoms with Crippen LogP contribution in [-0.4, -0.2) is 34.6 Å². The molecule has 2 aromatic rings. The van der Waals surface area contributed by atoms with Gasteiger partial charge in [0.25, 0.3) is 10.0 Å². The predicted molar refractivity (Wildman–Crippen MR) is 88.5 cm³/mol. The lowest BCUT2D eigenvalue weighted by Crippen LogP contribution is -2.30. The Bertz CT molecular complexity index is 785. The van der Waals surface area contributed by atoms with Crippen molar-refractivity contribution in [1.29, 1.82) is 0 Å². The highest BCUT2D eigenvalue weighted by Crippen LogP contribution is 2.41. The summed E-state index contributed by atoms with van der Waals surface area (Å²) in [7, 11) is -1.83. The number of nitrogens with zero attached hydrogens (tertiary/aromatic N) is 3. The van der Waals surface area contributed by atoms with E-state index in [1.54, 1.807) is 42.6 Å². The van der Waals surface area contributed by atoms with Crippen LogP contribution in [0.3, 0.4) is 0 Å². The summed E-state index contributed by atoms with van der Waals surface area (Å²) in [6, 6.07) is 7.34. The number of rotatable bonds is 3. The second-order valence-electron chi connectivity index (χ2n) is 5.13. The molecule has 1 fully saturated rings. The highest BCUT2D eigenvalue weighted by Gasteiger charge is 2.38. The van der Waals surface area contributed by atoms with Crippen LogP contribution in [0.5, 0.6) is 0 Å². The van der Waals surface area contributed by atoms with Crippen molar-refractivity contribution in [2.24, 2.45) is 7.05 Å². The largest absolute Gasteiger partial charge is 0.337 e. The second-order valence-corrected chi connectivity index (χ2v) is 8.59. The Morgan fingerprint density at radius 2 is 2.18 bits per heavy atom. The third-order valence-electron chi connectivity index (χ3n) is 3.64. The first kappa shape index (κ1) is 15.9. The molecule has 1 aromatic heterocycles. The van der Waals surface area contributed by atoms with Gasteiger partial charge in [0.05, 0.1) is 5.37 Å². The molecular weight excluding hydrogens is 342 g/mol. The van der Waals surface area contributed by atoms with E-state index in [0.717, 1.165) is 11.3 Å². The van der Waals surface area contributed by atoms with Gasteiger partial charge in [0, 0.05) is 30.6 Å². The zero-order valence-electron chi connectivity index (χ0n) is 12.2. The Labute approximate surface area is 139 Å². The first-order valence-electron chi connectivity index (χ1n) is 6.78. The molecular formula is C14H16ClN3O2S2. The van der Waals surface area contributed by atoms with Crippen LogP contribution in [0.4, 0.5) is 0 Å². The summed E-state index contributed by atoms with van der Waals surface area (Å²) in [6.45, 7) is 2.26. The van der Waals surface area contributed by atoms with E-state index in [4.69, 9.17) is 11.6 Å². The van der Waals surface area contributed by atoms with Crippen molar-refractivity contribution in [2.75, 3.05) is 12.3 Å². The third kappa shape index (κ3) is 2.78. The van der Waals surface area contributed by atoms with Gasteiger partial charge in [-0.2, -0.15) is 4.31 Å². The maximum absolute atomic E-state index is 12.9. The smallest absolute Gasteiger partial charge is 0.263 e. The first-order valence-corrected chi connectivity index (χ1v) is 9.65. The fourth-order valence-corrected chi connectivity index (χ4v) is 5.85. The summed E-state index contributed by atoms with van der Waals surface area (Å²) in [6.07, 6.45) is 1.56. The molecule has 1 saturated heterocycles. The molecule has 0 aliphatic carbocycles. The number of aryl methyl sites for hydroxylation is 2. The number of thioether (sulfide) groups is 1. The average Bonchev–Trinajstić information content (AvgIpc) is 3.07. The van der Waals surface area contributed by atoms with E-state index in [9.17, 15) is 8.42 Å². The molecule has 0 saturated carbocycles. The molecule has 1 aromatic carbocycles. The number of hydrogen-bond donors (Lipinski definition) is 0. The van der Waals surface area contributed by atoms with Crippen LogP contribution in [0.15, 0.2) is 35.5 Å². The third-order valence-corrected chi connectivity index (χ3v) is 7.01. The molecule has 0 N–H and O–H groups in total. The molecule has 1 aliphatic heterocycles. The van der Waals surface area contributed by atoms with Crippen molar-refractivity contribution in [2.45, 2.75) is 17.3 Å². The van der Waals surface area contributed by atoms with Crippen molar-refractivity contribution in [3.8, 4) is 0 Å². The second kappa shape index (κ2) is 5.88. The monoisotopic (exact) mass is 357 g/mol. The van der Waals surface area contributed by atoms with Gasteiger partial charge in [-0.1, -0.05) is 23.7 Å². The van der Waals surface area contributed by atoms with Gasteiger partial charge in [-0.3, -0.25) is 0 Å². The van der Waals surface area contributed by atoms with Gasteiger partial charge in [0.2, 0.25) is 0 Å². The van der Waals surface area contributed by atoms with Crippen LogP contribution < -0.4 is 0 Å². The molecule has 0 radical (unpaired) electrons. The molecule has 1 atom stereocenters. The fraction of sp³-hybridized carbons (Fsp3) is 0.357. The molecule has 8 heteroatoms. The van der Waals surface area contributed by atoms with E-state index in [-0.39, 0.29) is 10.4 Å². The molecule has 2 heterocycles. The van der Waals surface area contributed by atoms with Crippen LogP contribution in [0.25, 0.3) is 0 Å². The highest BCUT2D eigenvalue weighted by atomic mass is 35.5. The highest BCUT2D eigenvalue weighted by molar-refractivity contribution is 8.00. The van der Waals surface area contributed by atoms with E-state index < -0.39 is 10.0 Å². The fourth-order valence-electron chi connectivity index (χ4n) is 2.39. The van der Waals surface area contributed by atoms with Gasteiger partial charge < -0.3 is 4.57 Å². The average molecular weight is 358 g/mol. The lowest BCUT2D eigenvalue weighted by Gasteiger charge is -2.22. The maximum atomic E-state index is 12.9. The summed E-state index contributed by atoms with van der Waals surface area (Å²) in [5.41, 5.74) is 0.895. The van der Waals surface area contributed by atoms with Gasteiger partial charge in [-0.05, 0) is 24.6 Å². The molecule has 0 amide bonds. The van der Waals surface area contributed by atoms with Gasteiger partial charge >= 0.3 is 0 Å². The minimum atomic E-state index is -3.61. The number of aromatic nitrogens is 2. The van der Waals surface area contributed by atoms with Crippen LogP contribution >= 0.6 is 23.4 Å². The summed E-state index contributed by atoms with van der Waals surface area (Å²) in [4.78, 5) is 4.17. The zero-order chi connectivity index (χ0) is 15.9. The van der Waals surface area contributed by atoms with Gasteiger partial charge in [-0.25, -0.2) is 13.4 Å². The lowest BCUT2D eigenvalue weighted by atomic mass is 10.2. The Kier molecular flexibility index (Phi) is 4.24. The minimum absolute atomic E-state index is 0.0991. The topological polar surface area (TPSA) is 55.2 Å². The van der Waals surface area contributed by atoms with Crippen molar-refractivity contribution in [3.63, 3.8) is 0 Å². The van der Waals surface area contributed by atoms with Gasteiger partial charge in [-0.15, -0.1) is 11.8 Å². The maximum Gasteiger partial charge on any atom is 0.263 e. The van der Waals surface area contributed by atoms with E-state index in [2.05, 4.69) is 4.98 Å². The number of hydrogen-bond acceptors (Lipinski definition) is 4. The molecule has 0 spiro atoms. The Balaban J connectivity index is 1.99. The number of benzene rings is 1. The number of halogens is 1. The minimum Gasteiger partial charge on any atom is -0.337 e. The Morgan fingerprint density at radius 3 is 2.82 bits per heavy atom. The van der Waals surface area contributed by atoms with Crippen molar-refractivity contribution < 1.29 is 8.42 Å². The van der Waals surface area contributed by atoms with Crippen LogP contribution in [0, 0.1) is 6.92 Å². The Hall–Kier alpha value is -1.02. The number of imidazole rings is 1. The molecule has 0 bridgehead atoms. The lowest BCUT2D eigenvalue weighted by molar-refractivity contribution is 0.432. The quantitative estimate of drug-likeness (QED) is 0.847.